The van der Waals surface area contributed by atoms with Gasteiger partial charge in [-0.2, -0.15) is 5.26 Å². The molecular formula is C11H8N4O. The minimum atomic E-state index is 0.377. The van der Waals surface area contributed by atoms with Gasteiger partial charge in [0, 0.05) is 18.0 Å². The van der Waals surface area contributed by atoms with Crippen LogP contribution >= 0.6 is 0 Å². The van der Waals surface area contributed by atoms with Gasteiger partial charge in [0.15, 0.2) is 6.29 Å². The van der Waals surface area contributed by atoms with Crippen molar-refractivity contribution in [3.8, 4) is 6.07 Å². The molecule has 2 rings (SSSR count). The molecule has 2 heterocycles. The summed E-state index contributed by atoms with van der Waals surface area (Å²) in [6, 6.07) is 5.62. The highest BCUT2D eigenvalue weighted by Crippen LogP contribution is 2.06. The van der Waals surface area contributed by atoms with Gasteiger partial charge < -0.3 is 4.57 Å². The predicted octanol–water partition coefficient (Wildman–Crippen LogP) is 1.01. The molecule has 0 N–H and O–H groups in total. The van der Waals surface area contributed by atoms with Crippen LogP contribution in [-0.2, 0) is 6.54 Å². The minimum absolute atomic E-state index is 0.377. The topological polar surface area (TPSA) is 71.6 Å². The Kier molecular flexibility index (Phi) is 2.74. The molecule has 0 fully saturated rings. The Morgan fingerprint density at radius 1 is 1.50 bits per heavy atom. The molecule has 5 heteroatoms. The molecule has 0 unspecified atom stereocenters. The fourth-order valence-electron chi connectivity index (χ4n) is 1.39. The number of aldehydes is 1. The van der Waals surface area contributed by atoms with Crippen molar-refractivity contribution in [2.75, 3.05) is 0 Å². The Morgan fingerprint density at radius 2 is 2.38 bits per heavy atom. The lowest BCUT2D eigenvalue weighted by Gasteiger charge is -2.02. The van der Waals surface area contributed by atoms with Gasteiger partial charge in [-0.15, -0.1) is 0 Å². The van der Waals surface area contributed by atoms with E-state index in [0.29, 0.717) is 24.2 Å². The Hall–Kier alpha value is -2.48. The molecule has 16 heavy (non-hydrogen) atoms. The van der Waals surface area contributed by atoms with E-state index >= 15 is 0 Å². The average molecular weight is 212 g/mol. The molecule has 2 aromatic rings. The summed E-state index contributed by atoms with van der Waals surface area (Å²) in [5, 5.41) is 8.85. The molecule has 0 saturated carbocycles. The summed E-state index contributed by atoms with van der Waals surface area (Å²) in [5.74, 6) is 0. The number of carbonyl (C=O) groups is 1. The van der Waals surface area contributed by atoms with E-state index in [9.17, 15) is 4.79 Å². The number of hydrogen-bond acceptors (Lipinski definition) is 4. The van der Waals surface area contributed by atoms with Crippen molar-refractivity contribution >= 4 is 6.29 Å². The Labute approximate surface area is 92.0 Å². The predicted molar refractivity (Wildman–Crippen MR) is 55.7 cm³/mol. The molecule has 0 bridgehead atoms. The third-order valence-corrected chi connectivity index (χ3v) is 2.12. The third kappa shape index (κ3) is 1.96. The number of carbonyl (C=O) groups excluding carboxylic acids is 1. The van der Waals surface area contributed by atoms with Gasteiger partial charge in [0.25, 0.3) is 0 Å². The summed E-state index contributed by atoms with van der Waals surface area (Å²) in [4.78, 5) is 18.3. The van der Waals surface area contributed by atoms with Gasteiger partial charge in [0.2, 0.25) is 0 Å². The molecule has 78 valence electrons. The lowest BCUT2D eigenvalue weighted by atomic mass is 10.2. The van der Waals surface area contributed by atoms with E-state index in [1.165, 1.54) is 0 Å². The molecule has 5 nitrogen and oxygen atoms in total. The van der Waals surface area contributed by atoms with Crippen molar-refractivity contribution in [2.45, 2.75) is 6.54 Å². The van der Waals surface area contributed by atoms with E-state index in [-0.39, 0.29) is 0 Å². The number of pyridine rings is 1. The van der Waals surface area contributed by atoms with Gasteiger partial charge in [-0.25, -0.2) is 9.97 Å². The van der Waals surface area contributed by atoms with Crippen LogP contribution in [0, 0.1) is 11.3 Å². The maximum atomic E-state index is 10.5. The van der Waals surface area contributed by atoms with Crippen LogP contribution in [0.15, 0.2) is 30.9 Å². The van der Waals surface area contributed by atoms with Crippen LogP contribution in [-0.4, -0.2) is 20.8 Å². The molecule has 0 aromatic carbocycles. The Balaban J connectivity index is 2.27. The van der Waals surface area contributed by atoms with Crippen molar-refractivity contribution in [3.63, 3.8) is 0 Å². The van der Waals surface area contributed by atoms with Gasteiger partial charge in [-0.05, 0) is 6.07 Å². The molecule has 0 aliphatic rings. The van der Waals surface area contributed by atoms with Crippen LogP contribution in [0.2, 0.25) is 0 Å². The van der Waals surface area contributed by atoms with Crippen LogP contribution in [0.4, 0.5) is 0 Å². The van der Waals surface area contributed by atoms with Crippen molar-refractivity contribution < 1.29 is 4.79 Å². The first-order valence-corrected chi connectivity index (χ1v) is 4.64. The van der Waals surface area contributed by atoms with E-state index in [4.69, 9.17) is 5.26 Å². The smallest absolute Gasteiger partial charge is 0.169 e. The van der Waals surface area contributed by atoms with Gasteiger partial charge in [-0.1, -0.05) is 6.07 Å². The van der Waals surface area contributed by atoms with E-state index in [1.54, 1.807) is 29.4 Å². The highest BCUT2D eigenvalue weighted by atomic mass is 16.1. The van der Waals surface area contributed by atoms with E-state index in [1.807, 2.05) is 12.1 Å². The lowest BCUT2D eigenvalue weighted by Crippen LogP contribution is -2.00. The van der Waals surface area contributed by atoms with Gasteiger partial charge in [0.05, 0.1) is 12.9 Å². The number of hydrogen-bond donors (Lipinski definition) is 0. The maximum Gasteiger partial charge on any atom is 0.169 e. The molecule has 0 saturated heterocycles. The first-order valence-electron chi connectivity index (χ1n) is 4.64. The summed E-state index contributed by atoms with van der Waals surface area (Å²) in [5.41, 5.74) is 1.58. The van der Waals surface area contributed by atoms with Crippen LogP contribution in [0.25, 0.3) is 0 Å². The average Bonchev–Trinajstić information content (AvgIpc) is 2.77. The molecule has 2 aromatic heterocycles. The third-order valence-electron chi connectivity index (χ3n) is 2.12. The quantitative estimate of drug-likeness (QED) is 0.712. The van der Waals surface area contributed by atoms with E-state index < -0.39 is 0 Å². The van der Waals surface area contributed by atoms with Crippen molar-refractivity contribution in [1.82, 2.24) is 14.5 Å². The number of rotatable bonds is 3. The number of aromatic nitrogens is 3. The van der Waals surface area contributed by atoms with Crippen molar-refractivity contribution in [3.05, 3.63) is 47.8 Å². The van der Waals surface area contributed by atoms with Crippen molar-refractivity contribution in [2.24, 2.45) is 0 Å². The summed E-state index contributed by atoms with van der Waals surface area (Å²) < 4.78 is 1.74. The van der Waals surface area contributed by atoms with Gasteiger partial charge >= 0.3 is 0 Å². The molecule has 0 amide bonds. The van der Waals surface area contributed by atoms with Crippen molar-refractivity contribution in [1.29, 1.82) is 5.26 Å². The maximum absolute atomic E-state index is 10.5. The second kappa shape index (κ2) is 4.36. The van der Waals surface area contributed by atoms with Crippen LogP contribution in [0.5, 0.6) is 0 Å². The van der Waals surface area contributed by atoms with E-state index in [0.717, 1.165) is 5.56 Å². The molecule has 0 spiro atoms. The fourth-order valence-corrected chi connectivity index (χ4v) is 1.39. The monoisotopic (exact) mass is 212 g/mol. The molecule has 0 radical (unpaired) electrons. The Morgan fingerprint density at radius 3 is 3.06 bits per heavy atom. The second-order valence-electron chi connectivity index (χ2n) is 3.21. The van der Waals surface area contributed by atoms with Crippen LogP contribution < -0.4 is 0 Å². The van der Waals surface area contributed by atoms with Gasteiger partial charge in [-0.3, -0.25) is 4.79 Å². The zero-order valence-electron chi connectivity index (χ0n) is 8.37. The zero-order valence-corrected chi connectivity index (χ0v) is 8.37. The lowest BCUT2D eigenvalue weighted by molar-refractivity contribution is 0.111. The summed E-state index contributed by atoms with van der Waals surface area (Å²) >= 11 is 0. The van der Waals surface area contributed by atoms with E-state index in [2.05, 4.69) is 9.97 Å². The highest BCUT2D eigenvalue weighted by Gasteiger charge is 2.03. The molecule has 0 atom stereocenters. The highest BCUT2D eigenvalue weighted by molar-refractivity contribution is 5.70. The second-order valence-corrected chi connectivity index (χ2v) is 3.21. The summed E-state index contributed by atoms with van der Waals surface area (Å²) in [7, 11) is 0. The first-order chi connectivity index (χ1) is 7.83. The summed E-state index contributed by atoms with van der Waals surface area (Å²) in [6.07, 6.45) is 5.44. The first kappa shape index (κ1) is 10.1. The number of nitriles is 1. The standard InChI is InChI=1S/C11H8N4O/c12-4-11-9(2-1-3-13-11)5-15-6-10(7-16)14-8-15/h1-3,6-8H,5H2. The van der Waals surface area contributed by atoms with Crippen LogP contribution in [0.3, 0.4) is 0 Å². The number of imidazole rings is 1. The largest absolute Gasteiger partial charge is 0.332 e. The van der Waals surface area contributed by atoms with Crippen LogP contribution in [0.1, 0.15) is 21.7 Å². The van der Waals surface area contributed by atoms with Gasteiger partial charge in [0.1, 0.15) is 17.5 Å². The zero-order chi connectivity index (χ0) is 11.4. The molecule has 0 aliphatic heterocycles. The SMILES string of the molecule is N#Cc1ncccc1Cn1cnc(C=O)c1. The molecule has 0 aliphatic carbocycles. The number of nitrogens with zero attached hydrogens (tertiary/aromatic N) is 4. The Bertz CT molecular complexity index is 553. The normalized spacial score (nSPS) is 9.69. The summed E-state index contributed by atoms with van der Waals surface area (Å²) in [6.45, 7) is 0.484. The fraction of sp³-hybridized carbons (Fsp3) is 0.0909. The minimum Gasteiger partial charge on any atom is -0.332 e. The molecular weight excluding hydrogens is 204 g/mol.